The molecule has 0 spiro atoms. The number of nitrogens with zero attached hydrogens (tertiary/aromatic N) is 1. The van der Waals surface area contributed by atoms with Crippen LogP contribution in [0.2, 0.25) is 5.02 Å². The van der Waals surface area contributed by atoms with Crippen LogP contribution in [0.5, 0.6) is 0 Å². The van der Waals surface area contributed by atoms with Crippen molar-refractivity contribution >= 4 is 49.7 Å². The van der Waals surface area contributed by atoms with Crippen LogP contribution in [0, 0.1) is 6.92 Å². The van der Waals surface area contributed by atoms with E-state index in [2.05, 4.69) is 5.32 Å². The molecule has 5 nitrogen and oxygen atoms in total. The van der Waals surface area contributed by atoms with Crippen molar-refractivity contribution in [1.29, 1.82) is 0 Å². The number of benzene rings is 3. The molecule has 3 aromatic rings. The third kappa shape index (κ3) is 2.53. The molecule has 1 aliphatic rings. The minimum Gasteiger partial charge on any atom is -0.324 e. The standard InChI is InChI=1S/C19H15ClN2O3S/c1-12-14(20)7-4-8-15(12)21-18(23)11-22-16-9-2-5-13-6-3-10-17(19(13)16)26(22,24)25/h2-10H,11H2,1H3,(H,21,23). The van der Waals surface area contributed by atoms with Gasteiger partial charge in [0.05, 0.1) is 10.6 Å². The average Bonchev–Trinajstić information content (AvgIpc) is 2.83. The zero-order chi connectivity index (χ0) is 18.5. The van der Waals surface area contributed by atoms with E-state index in [4.69, 9.17) is 11.6 Å². The first kappa shape index (κ1) is 16.9. The fourth-order valence-corrected chi connectivity index (χ4v) is 5.03. The Morgan fingerprint density at radius 2 is 1.77 bits per heavy atom. The first-order valence-corrected chi connectivity index (χ1v) is 9.81. The van der Waals surface area contributed by atoms with Crippen LogP contribution in [0.1, 0.15) is 5.56 Å². The van der Waals surface area contributed by atoms with E-state index in [0.29, 0.717) is 21.8 Å². The summed E-state index contributed by atoms with van der Waals surface area (Å²) >= 11 is 6.07. The first-order valence-electron chi connectivity index (χ1n) is 7.99. The number of hydrogen-bond donors (Lipinski definition) is 1. The predicted molar refractivity (Wildman–Crippen MR) is 103 cm³/mol. The molecule has 1 aliphatic heterocycles. The molecule has 0 aliphatic carbocycles. The summed E-state index contributed by atoms with van der Waals surface area (Å²) in [5, 5.41) is 4.77. The third-order valence-electron chi connectivity index (χ3n) is 4.51. The Morgan fingerprint density at radius 3 is 2.54 bits per heavy atom. The van der Waals surface area contributed by atoms with Gasteiger partial charge in [-0.25, -0.2) is 8.42 Å². The van der Waals surface area contributed by atoms with Gasteiger partial charge in [-0.1, -0.05) is 41.9 Å². The highest BCUT2D eigenvalue weighted by molar-refractivity contribution is 7.93. The summed E-state index contributed by atoms with van der Waals surface area (Å²) in [7, 11) is -3.76. The molecular formula is C19H15ClN2O3S. The summed E-state index contributed by atoms with van der Waals surface area (Å²) in [6.45, 7) is 1.49. The highest BCUT2D eigenvalue weighted by Gasteiger charge is 2.36. The van der Waals surface area contributed by atoms with Gasteiger partial charge in [-0.15, -0.1) is 0 Å². The Hall–Kier alpha value is -2.57. The molecule has 1 N–H and O–H groups in total. The summed E-state index contributed by atoms with van der Waals surface area (Å²) in [6.07, 6.45) is 0. The number of sulfonamides is 1. The van der Waals surface area contributed by atoms with Crippen LogP contribution in [0.25, 0.3) is 10.8 Å². The van der Waals surface area contributed by atoms with Crippen LogP contribution in [0.15, 0.2) is 59.5 Å². The number of nitrogens with one attached hydrogen (secondary N) is 1. The van der Waals surface area contributed by atoms with Gasteiger partial charge in [-0.2, -0.15) is 0 Å². The van der Waals surface area contributed by atoms with Gasteiger partial charge in [0.15, 0.2) is 0 Å². The molecule has 4 rings (SSSR count). The van der Waals surface area contributed by atoms with Crippen molar-refractivity contribution in [3.8, 4) is 0 Å². The fourth-order valence-electron chi connectivity index (χ4n) is 3.19. The highest BCUT2D eigenvalue weighted by atomic mass is 35.5. The minimum absolute atomic E-state index is 0.234. The van der Waals surface area contributed by atoms with Gasteiger partial charge < -0.3 is 5.32 Å². The molecule has 0 radical (unpaired) electrons. The monoisotopic (exact) mass is 386 g/mol. The second-order valence-electron chi connectivity index (χ2n) is 6.10. The van der Waals surface area contributed by atoms with Gasteiger partial charge in [0.2, 0.25) is 5.91 Å². The van der Waals surface area contributed by atoms with E-state index in [1.807, 2.05) is 12.1 Å². The van der Waals surface area contributed by atoms with Crippen LogP contribution < -0.4 is 9.62 Å². The summed E-state index contributed by atoms with van der Waals surface area (Å²) in [5.74, 6) is -0.427. The zero-order valence-electron chi connectivity index (χ0n) is 13.9. The molecule has 1 amide bonds. The van der Waals surface area contributed by atoms with E-state index in [1.54, 1.807) is 49.4 Å². The van der Waals surface area contributed by atoms with E-state index in [1.165, 1.54) is 0 Å². The van der Waals surface area contributed by atoms with Gasteiger partial charge in [0.25, 0.3) is 10.0 Å². The van der Waals surface area contributed by atoms with Gasteiger partial charge in [-0.05, 0) is 42.1 Å². The zero-order valence-corrected chi connectivity index (χ0v) is 15.4. The fraction of sp³-hybridized carbons (Fsp3) is 0.105. The Balaban J connectivity index is 1.68. The van der Waals surface area contributed by atoms with Crippen LogP contribution in [-0.4, -0.2) is 20.9 Å². The highest BCUT2D eigenvalue weighted by Crippen LogP contribution is 2.41. The minimum atomic E-state index is -3.76. The molecule has 0 aromatic heterocycles. The maximum Gasteiger partial charge on any atom is 0.265 e. The molecule has 0 atom stereocenters. The molecule has 132 valence electrons. The van der Waals surface area contributed by atoms with E-state index in [0.717, 1.165) is 15.3 Å². The lowest BCUT2D eigenvalue weighted by Gasteiger charge is -2.19. The molecule has 1 heterocycles. The van der Waals surface area contributed by atoms with Crippen molar-refractivity contribution < 1.29 is 13.2 Å². The number of anilines is 2. The van der Waals surface area contributed by atoms with Gasteiger partial charge in [0.1, 0.15) is 6.54 Å². The normalized spacial score (nSPS) is 14.6. The maximum absolute atomic E-state index is 12.9. The topological polar surface area (TPSA) is 66.5 Å². The molecule has 0 saturated carbocycles. The Labute approximate surface area is 156 Å². The van der Waals surface area contributed by atoms with E-state index in [9.17, 15) is 13.2 Å². The van der Waals surface area contributed by atoms with Gasteiger partial charge in [0, 0.05) is 16.1 Å². The molecule has 0 bridgehead atoms. The maximum atomic E-state index is 12.9. The number of carbonyl (C=O) groups excluding carboxylic acids is 1. The van der Waals surface area contributed by atoms with Crippen molar-refractivity contribution in [3.63, 3.8) is 0 Å². The molecule has 26 heavy (non-hydrogen) atoms. The van der Waals surface area contributed by atoms with Crippen LogP contribution in [-0.2, 0) is 14.8 Å². The quantitative estimate of drug-likeness (QED) is 0.741. The van der Waals surface area contributed by atoms with Crippen LogP contribution >= 0.6 is 11.6 Å². The Bertz CT molecular complexity index is 1150. The second kappa shape index (κ2) is 6.00. The van der Waals surface area contributed by atoms with Gasteiger partial charge in [-0.3, -0.25) is 9.10 Å². The van der Waals surface area contributed by atoms with Crippen molar-refractivity contribution in [2.24, 2.45) is 0 Å². The number of rotatable bonds is 3. The Morgan fingerprint density at radius 1 is 1.08 bits per heavy atom. The summed E-state index contributed by atoms with van der Waals surface area (Å²) in [4.78, 5) is 12.8. The Kier molecular flexibility index (Phi) is 3.89. The summed E-state index contributed by atoms with van der Waals surface area (Å²) < 4.78 is 27.0. The van der Waals surface area contributed by atoms with Crippen LogP contribution in [0.4, 0.5) is 11.4 Å². The van der Waals surface area contributed by atoms with Crippen molar-refractivity contribution in [1.82, 2.24) is 0 Å². The third-order valence-corrected chi connectivity index (χ3v) is 6.72. The lowest BCUT2D eigenvalue weighted by molar-refractivity contribution is -0.114. The lowest BCUT2D eigenvalue weighted by Crippen LogP contribution is -2.35. The molecule has 0 saturated heterocycles. The SMILES string of the molecule is Cc1c(Cl)cccc1NC(=O)CN1c2cccc3cccc(c23)S1(=O)=O. The van der Waals surface area contributed by atoms with Crippen molar-refractivity contribution in [2.75, 3.05) is 16.2 Å². The predicted octanol–water partition coefficient (Wildman–Crippen LogP) is 3.95. The smallest absolute Gasteiger partial charge is 0.265 e. The average molecular weight is 387 g/mol. The summed E-state index contributed by atoms with van der Waals surface area (Å²) in [6, 6.07) is 15.7. The van der Waals surface area contributed by atoms with E-state index in [-0.39, 0.29) is 11.4 Å². The molecule has 0 fully saturated rings. The van der Waals surface area contributed by atoms with E-state index < -0.39 is 15.9 Å². The second-order valence-corrected chi connectivity index (χ2v) is 8.34. The van der Waals surface area contributed by atoms with Gasteiger partial charge >= 0.3 is 0 Å². The number of hydrogen-bond acceptors (Lipinski definition) is 3. The number of halogens is 1. The molecular weight excluding hydrogens is 372 g/mol. The van der Waals surface area contributed by atoms with Crippen LogP contribution in [0.3, 0.4) is 0 Å². The molecule has 3 aromatic carbocycles. The number of amides is 1. The lowest BCUT2D eigenvalue weighted by atomic mass is 10.1. The van der Waals surface area contributed by atoms with Crippen molar-refractivity contribution in [3.05, 3.63) is 65.2 Å². The molecule has 0 unspecified atom stereocenters. The first-order chi connectivity index (χ1) is 12.4. The summed E-state index contributed by atoms with van der Waals surface area (Å²) in [5.41, 5.74) is 1.82. The number of carbonyl (C=O) groups is 1. The van der Waals surface area contributed by atoms with E-state index >= 15 is 0 Å². The largest absolute Gasteiger partial charge is 0.324 e. The molecule has 7 heteroatoms. The van der Waals surface area contributed by atoms with Crippen molar-refractivity contribution in [2.45, 2.75) is 11.8 Å².